The van der Waals surface area contributed by atoms with Gasteiger partial charge in [0, 0.05) is 11.9 Å². The molecule has 1 heterocycles. The molecule has 1 aliphatic carbocycles. The maximum absolute atomic E-state index is 12.0. The van der Waals surface area contributed by atoms with E-state index in [-0.39, 0.29) is 23.0 Å². The Kier molecular flexibility index (Phi) is 3.56. The normalized spacial score (nSPS) is 17.6. The number of amides is 1. The number of H-pyrrole nitrogens is 1. The van der Waals surface area contributed by atoms with Gasteiger partial charge in [-0.3, -0.25) is 4.79 Å². The van der Waals surface area contributed by atoms with E-state index in [9.17, 15) is 14.9 Å². The molecule has 18 heavy (non-hydrogen) atoms. The molecule has 1 saturated carbocycles. The minimum atomic E-state index is -0.566. The molecule has 1 amide bonds. The highest BCUT2D eigenvalue weighted by Crippen LogP contribution is 2.31. The molecule has 0 saturated heterocycles. The number of carbonyl (C=O) groups excluding carboxylic acids is 1. The van der Waals surface area contributed by atoms with Crippen molar-refractivity contribution >= 4 is 23.3 Å². The Bertz CT molecular complexity index is 466. The monoisotopic (exact) mass is 271 g/mol. The predicted molar refractivity (Wildman–Crippen MR) is 66.8 cm³/mol. The Morgan fingerprint density at radius 3 is 2.67 bits per heavy atom. The van der Waals surface area contributed by atoms with Gasteiger partial charge in [-0.2, -0.15) is 0 Å². The highest BCUT2D eigenvalue weighted by atomic mass is 35.5. The molecule has 1 aromatic heterocycles. The number of aromatic nitrogens is 1. The van der Waals surface area contributed by atoms with E-state index in [1.165, 1.54) is 12.1 Å². The number of hydrogen-bond donors (Lipinski definition) is 2. The van der Waals surface area contributed by atoms with Gasteiger partial charge in [-0.15, -0.1) is 11.6 Å². The van der Waals surface area contributed by atoms with Crippen molar-refractivity contribution in [2.75, 3.05) is 5.88 Å². The zero-order chi connectivity index (χ0) is 13.2. The number of nitrogens with zero attached hydrogens (tertiary/aromatic N) is 1. The van der Waals surface area contributed by atoms with Crippen LogP contribution >= 0.6 is 11.6 Å². The number of nitrogens with one attached hydrogen (secondary N) is 2. The average molecular weight is 272 g/mol. The summed E-state index contributed by atoms with van der Waals surface area (Å²) >= 11 is 5.92. The maximum atomic E-state index is 12.0. The summed E-state index contributed by atoms with van der Waals surface area (Å²) in [6.45, 7) is 0. The summed E-state index contributed by atoms with van der Waals surface area (Å²) in [6.07, 6.45) is 3.78. The van der Waals surface area contributed by atoms with Gasteiger partial charge in [0.2, 0.25) is 0 Å². The number of carbonyl (C=O) groups is 1. The summed E-state index contributed by atoms with van der Waals surface area (Å²) in [6, 6.07) is 2.68. The van der Waals surface area contributed by atoms with E-state index in [0.29, 0.717) is 5.88 Å². The Morgan fingerprint density at radius 2 is 2.17 bits per heavy atom. The first-order valence-electron chi connectivity index (χ1n) is 5.78. The van der Waals surface area contributed by atoms with E-state index in [0.717, 1.165) is 25.7 Å². The molecular formula is C11H14ClN3O3. The number of aromatic amines is 1. The van der Waals surface area contributed by atoms with E-state index in [2.05, 4.69) is 10.3 Å². The van der Waals surface area contributed by atoms with Crippen LogP contribution in [0.5, 0.6) is 0 Å². The standard InChI is InChI=1S/C11H14ClN3O3/c12-7-11(5-1-2-6-11)14-10(16)8-3-4-9(13-8)15(17)18/h3-4,13H,1-2,5-7H2,(H,14,16). The van der Waals surface area contributed by atoms with Crippen molar-refractivity contribution in [1.82, 2.24) is 10.3 Å². The Balaban J connectivity index is 2.09. The van der Waals surface area contributed by atoms with Crippen LogP contribution in [-0.2, 0) is 0 Å². The zero-order valence-corrected chi connectivity index (χ0v) is 10.5. The summed E-state index contributed by atoms with van der Waals surface area (Å²) < 4.78 is 0. The van der Waals surface area contributed by atoms with Crippen molar-refractivity contribution < 1.29 is 9.72 Å². The van der Waals surface area contributed by atoms with Crippen molar-refractivity contribution in [3.63, 3.8) is 0 Å². The molecule has 1 fully saturated rings. The lowest BCUT2D eigenvalue weighted by molar-refractivity contribution is -0.389. The van der Waals surface area contributed by atoms with Crippen LogP contribution in [0.1, 0.15) is 36.2 Å². The van der Waals surface area contributed by atoms with Gasteiger partial charge in [0.1, 0.15) is 0 Å². The third-order valence-electron chi connectivity index (χ3n) is 3.31. The lowest BCUT2D eigenvalue weighted by atomic mass is 10.0. The summed E-state index contributed by atoms with van der Waals surface area (Å²) in [4.78, 5) is 24.4. The summed E-state index contributed by atoms with van der Waals surface area (Å²) in [5, 5.41) is 13.4. The molecule has 7 heteroatoms. The minimum absolute atomic E-state index is 0.188. The quantitative estimate of drug-likeness (QED) is 0.500. The van der Waals surface area contributed by atoms with Crippen LogP contribution in [0.2, 0.25) is 0 Å². The molecular weight excluding hydrogens is 258 g/mol. The largest absolute Gasteiger partial charge is 0.358 e. The van der Waals surface area contributed by atoms with E-state index >= 15 is 0 Å². The first-order chi connectivity index (χ1) is 8.56. The summed E-state index contributed by atoms with van der Waals surface area (Å²) in [5.41, 5.74) is -0.170. The third kappa shape index (κ3) is 2.48. The molecule has 0 unspecified atom stereocenters. The van der Waals surface area contributed by atoms with E-state index in [1.54, 1.807) is 0 Å². The molecule has 0 aromatic carbocycles. The molecule has 0 aliphatic heterocycles. The van der Waals surface area contributed by atoms with E-state index < -0.39 is 4.92 Å². The Labute approximate surface area is 109 Å². The fourth-order valence-corrected chi connectivity index (χ4v) is 2.61. The van der Waals surface area contributed by atoms with Gasteiger partial charge in [0.05, 0.1) is 5.54 Å². The van der Waals surface area contributed by atoms with Crippen LogP contribution in [0.15, 0.2) is 12.1 Å². The smallest absolute Gasteiger partial charge is 0.321 e. The molecule has 6 nitrogen and oxygen atoms in total. The number of halogens is 1. The van der Waals surface area contributed by atoms with Gasteiger partial charge in [-0.1, -0.05) is 12.8 Å². The van der Waals surface area contributed by atoms with Gasteiger partial charge >= 0.3 is 5.82 Å². The maximum Gasteiger partial charge on any atom is 0.321 e. The van der Waals surface area contributed by atoms with E-state index in [4.69, 9.17) is 11.6 Å². The fourth-order valence-electron chi connectivity index (χ4n) is 2.27. The molecule has 98 valence electrons. The molecule has 0 bridgehead atoms. The van der Waals surface area contributed by atoms with Gasteiger partial charge in [0.25, 0.3) is 5.91 Å². The van der Waals surface area contributed by atoms with Crippen LogP contribution in [-0.4, -0.2) is 27.2 Å². The second kappa shape index (κ2) is 4.97. The number of rotatable bonds is 4. The molecule has 2 N–H and O–H groups in total. The number of hydrogen-bond acceptors (Lipinski definition) is 3. The van der Waals surface area contributed by atoms with Gasteiger partial charge < -0.3 is 15.4 Å². The third-order valence-corrected chi connectivity index (χ3v) is 3.82. The van der Waals surface area contributed by atoms with Gasteiger partial charge in [-0.05, 0) is 23.8 Å². The van der Waals surface area contributed by atoms with Crippen molar-refractivity contribution in [1.29, 1.82) is 0 Å². The predicted octanol–water partition coefficient (Wildman–Crippen LogP) is 2.20. The number of alkyl halides is 1. The lowest BCUT2D eigenvalue weighted by Gasteiger charge is -2.27. The van der Waals surface area contributed by atoms with Crippen LogP contribution < -0.4 is 5.32 Å². The highest BCUT2D eigenvalue weighted by molar-refractivity contribution is 6.19. The molecule has 2 rings (SSSR count). The van der Waals surface area contributed by atoms with Crippen molar-refractivity contribution in [2.45, 2.75) is 31.2 Å². The van der Waals surface area contributed by atoms with Gasteiger partial charge in [-0.25, -0.2) is 4.98 Å². The topological polar surface area (TPSA) is 88.0 Å². The van der Waals surface area contributed by atoms with Gasteiger partial charge in [0.15, 0.2) is 5.69 Å². The summed E-state index contributed by atoms with van der Waals surface area (Å²) in [5.74, 6) is -0.168. The van der Waals surface area contributed by atoms with Crippen LogP contribution in [0.3, 0.4) is 0 Å². The zero-order valence-electron chi connectivity index (χ0n) is 9.74. The molecule has 0 atom stereocenters. The lowest BCUT2D eigenvalue weighted by Crippen LogP contribution is -2.48. The second-order valence-electron chi connectivity index (χ2n) is 4.59. The van der Waals surface area contributed by atoms with Crippen molar-refractivity contribution in [3.05, 3.63) is 27.9 Å². The second-order valence-corrected chi connectivity index (χ2v) is 4.86. The van der Waals surface area contributed by atoms with E-state index in [1.807, 2.05) is 0 Å². The molecule has 1 aliphatic rings. The van der Waals surface area contributed by atoms with Crippen molar-refractivity contribution in [3.8, 4) is 0 Å². The molecule has 1 aromatic rings. The summed E-state index contributed by atoms with van der Waals surface area (Å²) in [7, 11) is 0. The molecule has 0 spiro atoms. The fraction of sp³-hybridized carbons (Fsp3) is 0.545. The first-order valence-corrected chi connectivity index (χ1v) is 6.32. The SMILES string of the molecule is O=C(NC1(CCl)CCCC1)c1ccc([N+](=O)[O-])[nH]1. The Hall–Kier alpha value is -1.56. The molecule has 0 radical (unpaired) electrons. The van der Waals surface area contributed by atoms with Crippen LogP contribution in [0.4, 0.5) is 5.82 Å². The minimum Gasteiger partial charge on any atom is -0.358 e. The van der Waals surface area contributed by atoms with Crippen LogP contribution in [0.25, 0.3) is 0 Å². The van der Waals surface area contributed by atoms with Crippen molar-refractivity contribution in [2.24, 2.45) is 0 Å². The first kappa shape index (κ1) is 12.9. The Morgan fingerprint density at radius 1 is 1.50 bits per heavy atom. The average Bonchev–Trinajstić information content (AvgIpc) is 2.98. The number of nitro groups is 1. The highest BCUT2D eigenvalue weighted by Gasteiger charge is 2.35. The van der Waals surface area contributed by atoms with Crippen LogP contribution in [0, 0.1) is 10.1 Å².